The van der Waals surface area contributed by atoms with Crippen molar-refractivity contribution in [1.29, 1.82) is 0 Å². The van der Waals surface area contributed by atoms with Crippen molar-refractivity contribution in [2.75, 3.05) is 16.9 Å². The smallest absolute Gasteiger partial charge is 0.148 e. The molecule has 0 fully saturated rings. The Hall–Kier alpha value is -1.36. The van der Waals surface area contributed by atoms with Crippen LogP contribution in [0.5, 0.6) is 0 Å². The SMILES string of the molecule is CCC(C)N(CC)c1nc(C(C)(C)C)nc(NN)c1C. The third kappa shape index (κ3) is 3.39. The average molecular weight is 279 g/mol. The lowest BCUT2D eigenvalue weighted by Gasteiger charge is -2.31. The molecule has 0 amide bonds. The van der Waals surface area contributed by atoms with E-state index >= 15 is 0 Å². The number of hydrazine groups is 1. The number of rotatable bonds is 5. The van der Waals surface area contributed by atoms with E-state index in [-0.39, 0.29) is 5.41 Å². The molecule has 1 heterocycles. The van der Waals surface area contributed by atoms with E-state index in [1.165, 1.54) is 0 Å². The normalized spacial score (nSPS) is 13.2. The summed E-state index contributed by atoms with van der Waals surface area (Å²) in [5.74, 6) is 8.13. The van der Waals surface area contributed by atoms with Crippen LogP contribution in [0.25, 0.3) is 0 Å². The molecule has 0 aliphatic carbocycles. The Bertz CT molecular complexity index is 450. The minimum atomic E-state index is -0.108. The van der Waals surface area contributed by atoms with Crippen LogP contribution in [0.4, 0.5) is 11.6 Å². The number of aromatic nitrogens is 2. The van der Waals surface area contributed by atoms with E-state index in [1.54, 1.807) is 0 Å². The van der Waals surface area contributed by atoms with Gasteiger partial charge >= 0.3 is 0 Å². The Labute approximate surface area is 123 Å². The highest BCUT2D eigenvalue weighted by molar-refractivity contribution is 5.59. The number of nitrogens with zero attached hydrogens (tertiary/aromatic N) is 3. The molecular weight excluding hydrogens is 250 g/mol. The Morgan fingerprint density at radius 2 is 1.85 bits per heavy atom. The molecule has 0 saturated carbocycles. The van der Waals surface area contributed by atoms with Crippen molar-refractivity contribution >= 4 is 11.6 Å². The fraction of sp³-hybridized carbons (Fsp3) is 0.733. The van der Waals surface area contributed by atoms with E-state index in [1.807, 2.05) is 6.92 Å². The summed E-state index contributed by atoms with van der Waals surface area (Å²) < 4.78 is 0. The van der Waals surface area contributed by atoms with Crippen LogP contribution in [0, 0.1) is 6.92 Å². The van der Waals surface area contributed by atoms with Crippen molar-refractivity contribution in [3.63, 3.8) is 0 Å². The highest BCUT2D eigenvalue weighted by Crippen LogP contribution is 2.29. The second-order valence-electron chi connectivity index (χ2n) is 6.28. The van der Waals surface area contributed by atoms with Gasteiger partial charge in [-0.1, -0.05) is 27.7 Å². The van der Waals surface area contributed by atoms with Crippen molar-refractivity contribution in [1.82, 2.24) is 9.97 Å². The molecule has 1 atom stereocenters. The van der Waals surface area contributed by atoms with Crippen molar-refractivity contribution < 1.29 is 0 Å². The monoisotopic (exact) mass is 279 g/mol. The zero-order valence-electron chi connectivity index (χ0n) is 13.9. The molecule has 0 saturated heterocycles. The van der Waals surface area contributed by atoms with Gasteiger partial charge in [0.2, 0.25) is 0 Å². The maximum Gasteiger partial charge on any atom is 0.148 e. The van der Waals surface area contributed by atoms with Gasteiger partial charge in [0, 0.05) is 23.6 Å². The maximum atomic E-state index is 5.62. The van der Waals surface area contributed by atoms with Gasteiger partial charge in [-0.15, -0.1) is 0 Å². The number of nitrogens with one attached hydrogen (secondary N) is 1. The highest BCUT2D eigenvalue weighted by atomic mass is 15.3. The van der Waals surface area contributed by atoms with Gasteiger partial charge in [0.15, 0.2) is 0 Å². The minimum Gasteiger partial charge on any atom is -0.354 e. The Balaban J connectivity index is 3.43. The molecule has 0 radical (unpaired) electrons. The molecule has 5 heteroatoms. The Kier molecular flexibility index (Phi) is 5.34. The van der Waals surface area contributed by atoms with Crippen LogP contribution in [0.2, 0.25) is 0 Å². The number of anilines is 2. The van der Waals surface area contributed by atoms with E-state index in [0.717, 1.165) is 30.2 Å². The predicted molar refractivity (Wildman–Crippen MR) is 86.1 cm³/mol. The summed E-state index contributed by atoms with van der Waals surface area (Å²) in [5, 5.41) is 0. The first-order valence-corrected chi connectivity index (χ1v) is 7.38. The van der Waals surface area contributed by atoms with E-state index in [4.69, 9.17) is 10.8 Å². The number of nitrogen functional groups attached to an aromatic ring is 1. The minimum absolute atomic E-state index is 0.108. The number of nitrogens with two attached hydrogens (primary N) is 1. The van der Waals surface area contributed by atoms with E-state index in [0.29, 0.717) is 11.9 Å². The molecule has 114 valence electrons. The Morgan fingerprint density at radius 3 is 2.25 bits per heavy atom. The zero-order chi connectivity index (χ0) is 15.5. The lowest BCUT2D eigenvalue weighted by atomic mass is 9.95. The number of hydrogen-bond acceptors (Lipinski definition) is 5. The summed E-state index contributed by atoms with van der Waals surface area (Å²) >= 11 is 0. The first-order valence-electron chi connectivity index (χ1n) is 7.38. The molecule has 3 N–H and O–H groups in total. The molecule has 1 aromatic heterocycles. The maximum absolute atomic E-state index is 5.62. The first-order chi connectivity index (χ1) is 9.26. The lowest BCUT2D eigenvalue weighted by molar-refractivity contribution is 0.539. The van der Waals surface area contributed by atoms with Gasteiger partial charge in [-0.25, -0.2) is 15.8 Å². The van der Waals surface area contributed by atoms with E-state index < -0.39 is 0 Å². The van der Waals surface area contributed by atoms with Crippen molar-refractivity contribution in [2.24, 2.45) is 5.84 Å². The quantitative estimate of drug-likeness (QED) is 0.640. The molecule has 5 nitrogen and oxygen atoms in total. The van der Waals surface area contributed by atoms with Gasteiger partial charge in [0.05, 0.1) is 0 Å². The van der Waals surface area contributed by atoms with Crippen LogP contribution in [-0.2, 0) is 5.41 Å². The molecule has 1 unspecified atom stereocenters. The van der Waals surface area contributed by atoms with Crippen LogP contribution in [-0.4, -0.2) is 22.6 Å². The van der Waals surface area contributed by atoms with Crippen LogP contribution >= 0.6 is 0 Å². The standard InChI is InChI=1S/C15H29N5/c1-8-10(3)20(9-2)13-11(4)12(19-16)17-14(18-13)15(5,6)7/h10H,8-9,16H2,1-7H3,(H,17,18,19). The predicted octanol–water partition coefficient (Wildman–Crippen LogP) is 2.99. The summed E-state index contributed by atoms with van der Waals surface area (Å²) in [6.07, 6.45) is 1.08. The molecule has 0 spiro atoms. The third-order valence-corrected chi connectivity index (χ3v) is 3.66. The van der Waals surface area contributed by atoms with E-state index in [9.17, 15) is 0 Å². The largest absolute Gasteiger partial charge is 0.354 e. The molecule has 20 heavy (non-hydrogen) atoms. The molecule has 0 aliphatic heterocycles. The molecule has 1 aromatic rings. The summed E-state index contributed by atoms with van der Waals surface area (Å²) in [5.41, 5.74) is 3.60. The average Bonchev–Trinajstić information content (AvgIpc) is 2.39. The van der Waals surface area contributed by atoms with Crippen LogP contribution in [0.3, 0.4) is 0 Å². The van der Waals surface area contributed by atoms with Crippen LogP contribution < -0.4 is 16.2 Å². The molecule has 0 bridgehead atoms. The highest BCUT2D eigenvalue weighted by Gasteiger charge is 2.24. The van der Waals surface area contributed by atoms with Gasteiger partial charge in [0.1, 0.15) is 17.5 Å². The van der Waals surface area contributed by atoms with Gasteiger partial charge in [-0.2, -0.15) is 0 Å². The second kappa shape index (κ2) is 6.39. The lowest BCUT2D eigenvalue weighted by Crippen LogP contribution is -2.35. The van der Waals surface area contributed by atoms with Gasteiger partial charge in [-0.05, 0) is 27.2 Å². The van der Waals surface area contributed by atoms with Crippen molar-refractivity contribution in [2.45, 2.75) is 66.3 Å². The first kappa shape index (κ1) is 16.7. The summed E-state index contributed by atoms with van der Waals surface area (Å²) in [6.45, 7) is 15.8. The fourth-order valence-corrected chi connectivity index (χ4v) is 2.15. The molecule has 1 rings (SSSR count). The summed E-state index contributed by atoms with van der Waals surface area (Å²) in [4.78, 5) is 11.7. The molecule has 0 aliphatic rings. The third-order valence-electron chi connectivity index (χ3n) is 3.66. The Morgan fingerprint density at radius 1 is 1.25 bits per heavy atom. The van der Waals surface area contributed by atoms with Crippen LogP contribution in [0.1, 0.15) is 59.4 Å². The summed E-state index contributed by atoms with van der Waals surface area (Å²) in [6, 6.07) is 0.437. The van der Waals surface area contributed by atoms with Gasteiger partial charge < -0.3 is 10.3 Å². The van der Waals surface area contributed by atoms with Crippen molar-refractivity contribution in [3.05, 3.63) is 11.4 Å². The fourth-order valence-electron chi connectivity index (χ4n) is 2.15. The zero-order valence-corrected chi connectivity index (χ0v) is 13.9. The molecular formula is C15H29N5. The van der Waals surface area contributed by atoms with Crippen LogP contribution in [0.15, 0.2) is 0 Å². The topological polar surface area (TPSA) is 67.1 Å². The van der Waals surface area contributed by atoms with Gasteiger partial charge in [-0.3, -0.25) is 0 Å². The van der Waals surface area contributed by atoms with E-state index in [2.05, 4.69) is 56.9 Å². The van der Waals surface area contributed by atoms with Crippen molar-refractivity contribution in [3.8, 4) is 0 Å². The number of hydrogen-bond donors (Lipinski definition) is 2. The molecule has 0 aromatic carbocycles. The second-order valence-corrected chi connectivity index (χ2v) is 6.28. The summed E-state index contributed by atoms with van der Waals surface area (Å²) in [7, 11) is 0. The van der Waals surface area contributed by atoms with Gasteiger partial charge in [0.25, 0.3) is 0 Å².